The number of ketones is 1. The molecule has 0 aromatic heterocycles. The van der Waals surface area contributed by atoms with Gasteiger partial charge in [-0.15, -0.1) is 0 Å². The molecule has 2 aromatic rings. The summed E-state index contributed by atoms with van der Waals surface area (Å²) in [5.41, 5.74) is 0.719. The summed E-state index contributed by atoms with van der Waals surface area (Å²) in [5, 5.41) is 2.07. The SMILES string of the molecule is CCCCOc1cc2ccc(C(C)=O)cc2cc1OCCCC. The topological polar surface area (TPSA) is 35.5 Å². The van der Waals surface area contributed by atoms with E-state index in [0.717, 1.165) is 53.5 Å². The average Bonchev–Trinajstić information content (AvgIpc) is 2.55. The number of carbonyl (C=O) groups is 1. The van der Waals surface area contributed by atoms with Crippen molar-refractivity contribution in [3.05, 3.63) is 35.9 Å². The van der Waals surface area contributed by atoms with Crippen molar-refractivity contribution in [2.24, 2.45) is 0 Å². The summed E-state index contributed by atoms with van der Waals surface area (Å²) in [7, 11) is 0. The van der Waals surface area contributed by atoms with E-state index in [0.29, 0.717) is 13.2 Å². The van der Waals surface area contributed by atoms with Crippen molar-refractivity contribution in [1.29, 1.82) is 0 Å². The Labute approximate surface area is 138 Å². The minimum absolute atomic E-state index is 0.0728. The molecule has 23 heavy (non-hydrogen) atoms. The van der Waals surface area contributed by atoms with Crippen LogP contribution in [0.3, 0.4) is 0 Å². The van der Waals surface area contributed by atoms with Crippen LogP contribution < -0.4 is 9.47 Å². The van der Waals surface area contributed by atoms with E-state index in [-0.39, 0.29) is 5.78 Å². The van der Waals surface area contributed by atoms with E-state index in [9.17, 15) is 4.79 Å². The van der Waals surface area contributed by atoms with E-state index in [1.165, 1.54) is 0 Å². The Kier molecular flexibility index (Phi) is 6.45. The normalized spacial score (nSPS) is 10.7. The second-order valence-corrected chi connectivity index (χ2v) is 5.82. The van der Waals surface area contributed by atoms with Crippen LogP contribution in [0.1, 0.15) is 56.8 Å². The average molecular weight is 314 g/mol. The predicted molar refractivity (Wildman–Crippen MR) is 94.8 cm³/mol. The van der Waals surface area contributed by atoms with Crippen molar-refractivity contribution in [3.63, 3.8) is 0 Å². The molecule has 0 amide bonds. The summed E-state index contributed by atoms with van der Waals surface area (Å²) in [6.07, 6.45) is 4.23. The molecule has 3 heteroatoms. The van der Waals surface area contributed by atoms with Crippen molar-refractivity contribution in [2.75, 3.05) is 13.2 Å². The quantitative estimate of drug-likeness (QED) is 0.459. The highest BCUT2D eigenvalue weighted by atomic mass is 16.5. The molecule has 0 aliphatic heterocycles. The molecule has 124 valence electrons. The number of hydrogen-bond donors (Lipinski definition) is 0. The fourth-order valence-corrected chi connectivity index (χ4v) is 2.35. The molecule has 0 atom stereocenters. The third-order valence-corrected chi connectivity index (χ3v) is 3.82. The molecule has 0 saturated heterocycles. The van der Waals surface area contributed by atoms with Crippen molar-refractivity contribution in [3.8, 4) is 11.5 Å². The zero-order valence-corrected chi connectivity index (χ0v) is 14.4. The van der Waals surface area contributed by atoms with Crippen LogP contribution in [-0.4, -0.2) is 19.0 Å². The van der Waals surface area contributed by atoms with Gasteiger partial charge >= 0.3 is 0 Å². The summed E-state index contributed by atoms with van der Waals surface area (Å²) in [4.78, 5) is 11.6. The summed E-state index contributed by atoms with van der Waals surface area (Å²) in [5.74, 6) is 1.63. The van der Waals surface area contributed by atoms with Gasteiger partial charge in [0.25, 0.3) is 0 Å². The smallest absolute Gasteiger partial charge is 0.161 e. The molecular formula is C20H26O3. The third-order valence-electron chi connectivity index (χ3n) is 3.82. The Morgan fingerprint density at radius 3 is 1.96 bits per heavy atom. The lowest BCUT2D eigenvalue weighted by atomic mass is 10.0. The number of benzene rings is 2. The number of ether oxygens (including phenoxy) is 2. The van der Waals surface area contributed by atoms with Crippen molar-refractivity contribution in [1.82, 2.24) is 0 Å². The molecule has 0 heterocycles. The van der Waals surface area contributed by atoms with Crippen LogP contribution in [0.4, 0.5) is 0 Å². The van der Waals surface area contributed by atoms with Crippen molar-refractivity contribution < 1.29 is 14.3 Å². The van der Waals surface area contributed by atoms with Crippen LogP contribution in [0, 0.1) is 0 Å². The van der Waals surface area contributed by atoms with Crippen LogP contribution in [0.2, 0.25) is 0 Å². The number of unbranched alkanes of at least 4 members (excludes halogenated alkanes) is 2. The molecule has 2 aromatic carbocycles. The summed E-state index contributed by atoms with van der Waals surface area (Å²) in [6, 6.07) is 9.74. The summed E-state index contributed by atoms with van der Waals surface area (Å²) >= 11 is 0. The minimum atomic E-state index is 0.0728. The summed E-state index contributed by atoms with van der Waals surface area (Å²) in [6.45, 7) is 7.24. The number of Topliss-reactive ketones (excluding diaryl/α,β-unsaturated/α-hetero) is 1. The highest BCUT2D eigenvalue weighted by Gasteiger charge is 2.09. The monoisotopic (exact) mass is 314 g/mol. The predicted octanol–water partition coefficient (Wildman–Crippen LogP) is 5.40. The van der Waals surface area contributed by atoms with Gasteiger partial charge in [0.15, 0.2) is 17.3 Å². The molecule has 0 unspecified atom stereocenters. The number of rotatable bonds is 9. The lowest BCUT2D eigenvalue weighted by molar-refractivity contribution is 0.101. The third kappa shape index (κ3) is 4.72. The van der Waals surface area contributed by atoms with Crippen LogP contribution in [0.15, 0.2) is 30.3 Å². The number of fused-ring (bicyclic) bond motifs is 1. The van der Waals surface area contributed by atoms with Crippen LogP contribution in [0.25, 0.3) is 10.8 Å². The fraction of sp³-hybridized carbons (Fsp3) is 0.450. The van der Waals surface area contributed by atoms with Crippen molar-refractivity contribution >= 4 is 16.6 Å². The first-order valence-electron chi connectivity index (χ1n) is 8.50. The van der Waals surface area contributed by atoms with Gasteiger partial charge in [-0.2, -0.15) is 0 Å². The number of hydrogen-bond acceptors (Lipinski definition) is 3. The van der Waals surface area contributed by atoms with Gasteiger partial charge in [-0.1, -0.05) is 38.8 Å². The minimum Gasteiger partial charge on any atom is -0.490 e. The molecule has 0 radical (unpaired) electrons. The molecule has 3 nitrogen and oxygen atoms in total. The second kappa shape index (κ2) is 8.56. The molecule has 2 rings (SSSR count). The Bertz CT molecular complexity index is 661. The highest BCUT2D eigenvalue weighted by molar-refractivity contribution is 5.99. The van der Waals surface area contributed by atoms with Crippen LogP contribution in [0.5, 0.6) is 11.5 Å². The van der Waals surface area contributed by atoms with Gasteiger partial charge in [-0.25, -0.2) is 0 Å². The molecular weight excluding hydrogens is 288 g/mol. The lowest BCUT2D eigenvalue weighted by Crippen LogP contribution is -2.02. The van der Waals surface area contributed by atoms with Gasteiger partial charge < -0.3 is 9.47 Å². The van der Waals surface area contributed by atoms with E-state index in [1.807, 2.05) is 30.3 Å². The fourth-order valence-electron chi connectivity index (χ4n) is 2.35. The first-order chi connectivity index (χ1) is 11.2. The molecule has 0 fully saturated rings. The molecule has 0 bridgehead atoms. The van der Waals surface area contributed by atoms with Crippen LogP contribution >= 0.6 is 0 Å². The standard InChI is InChI=1S/C20H26O3/c1-4-6-10-22-19-13-17-9-8-16(15(3)21)12-18(17)14-20(19)23-11-7-5-2/h8-9,12-14H,4-7,10-11H2,1-3H3. The maximum atomic E-state index is 11.6. The zero-order chi connectivity index (χ0) is 16.7. The van der Waals surface area contributed by atoms with E-state index in [1.54, 1.807) is 6.92 Å². The zero-order valence-electron chi connectivity index (χ0n) is 14.4. The Morgan fingerprint density at radius 2 is 1.43 bits per heavy atom. The van der Waals surface area contributed by atoms with E-state index < -0.39 is 0 Å². The van der Waals surface area contributed by atoms with E-state index in [4.69, 9.17) is 9.47 Å². The first kappa shape index (κ1) is 17.3. The van der Waals surface area contributed by atoms with Gasteiger partial charge in [-0.3, -0.25) is 4.79 Å². The molecule has 0 N–H and O–H groups in total. The molecule has 0 saturated carbocycles. The van der Waals surface area contributed by atoms with E-state index in [2.05, 4.69) is 13.8 Å². The van der Waals surface area contributed by atoms with Gasteiger partial charge in [-0.05, 0) is 48.7 Å². The molecule has 0 aliphatic carbocycles. The van der Waals surface area contributed by atoms with Gasteiger partial charge in [0.1, 0.15) is 0 Å². The maximum Gasteiger partial charge on any atom is 0.161 e. The molecule has 0 spiro atoms. The first-order valence-corrected chi connectivity index (χ1v) is 8.50. The lowest BCUT2D eigenvalue weighted by Gasteiger charge is -2.14. The Morgan fingerprint density at radius 1 is 0.870 bits per heavy atom. The Hall–Kier alpha value is -2.03. The highest BCUT2D eigenvalue weighted by Crippen LogP contribution is 2.33. The number of carbonyl (C=O) groups excluding carboxylic acids is 1. The molecule has 0 aliphatic rings. The maximum absolute atomic E-state index is 11.6. The van der Waals surface area contributed by atoms with Crippen molar-refractivity contribution in [2.45, 2.75) is 46.5 Å². The van der Waals surface area contributed by atoms with Gasteiger partial charge in [0.05, 0.1) is 13.2 Å². The second-order valence-electron chi connectivity index (χ2n) is 5.82. The van der Waals surface area contributed by atoms with Gasteiger partial charge in [0, 0.05) is 5.56 Å². The van der Waals surface area contributed by atoms with Gasteiger partial charge in [0.2, 0.25) is 0 Å². The van der Waals surface area contributed by atoms with Crippen LogP contribution in [-0.2, 0) is 0 Å². The largest absolute Gasteiger partial charge is 0.490 e. The summed E-state index contributed by atoms with van der Waals surface area (Å²) < 4.78 is 11.8. The Balaban J connectivity index is 2.33. The van der Waals surface area contributed by atoms with E-state index >= 15 is 0 Å².